The van der Waals surface area contributed by atoms with Gasteiger partial charge in [0.25, 0.3) is 0 Å². The summed E-state index contributed by atoms with van der Waals surface area (Å²) in [5, 5.41) is 0. The smallest absolute Gasteiger partial charge is 0.204 e. The molecule has 1 aromatic carbocycles. The molecule has 0 atom stereocenters. The van der Waals surface area contributed by atoms with Gasteiger partial charge in [-0.3, -0.25) is 4.79 Å². The first-order chi connectivity index (χ1) is 6.61. The summed E-state index contributed by atoms with van der Waals surface area (Å²) in [4.78, 5) is 11.6. The van der Waals surface area contributed by atoms with Crippen molar-refractivity contribution in [2.75, 3.05) is 6.61 Å². The monoisotopic (exact) mass is 190 g/mol. The number of Topliss-reactive ketones (excluding diaryl/α,β-unsaturated/α-hetero) is 1. The number of rotatable bonds is 1. The average Bonchev–Trinajstić information content (AvgIpc) is 2.50. The molecule has 14 heavy (non-hydrogen) atoms. The van der Waals surface area contributed by atoms with Crippen LogP contribution in [-0.2, 0) is 0 Å². The fourth-order valence-corrected chi connectivity index (χ4v) is 1.87. The lowest BCUT2D eigenvalue weighted by atomic mass is 9.93. The minimum atomic E-state index is 0.118. The van der Waals surface area contributed by atoms with E-state index in [-0.39, 0.29) is 12.4 Å². The number of carbonyl (C=O) groups is 1. The standard InChI is InChI=1S/C12H14O2/c1-7(2)9-5-4-8(3)12-11(9)10(13)6-14-12/h4-5,7H,6H2,1-3H3. The van der Waals surface area contributed by atoms with Gasteiger partial charge in [0.2, 0.25) is 5.78 Å². The third-order valence-electron chi connectivity index (χ3n) is 2.64. The van der Waals surface area contributed by atoms with Gasteiger partial charge in [0.15, 0.2) is 6.61 Å². The van der Waals surface area contributed by atoms with Crippen LogP contribution in [0.15, 0.2) is 12.1 Å². The van der Waals surface area contributed by atoms with Crippen molar-refractivity contribution in [3.05, 3.63) is 28.8 Å². The molecule has 0 unspecified atom stereocenters. The molecular weight excluding hydrogens is 176 g/mol. The van der Waals surface area contributed by atoms with Crippen molar-refractivity contribution >= 4 is 5.78 Å². The molecule has 0 saturated carbocycles. The van der Waals surface area contributed by atoms with Crippen molar-refractivity contribution in [2.24, 2.45) is 0 Å². The zero-order valence-electron chi connectivity index (χ0n) is 8.76. The number of benzene rings is 1. The van der Waals surface area contributed by atoms with Gasteiger partial charge >= 0.3 is 0 Å². The van der Waals surface area contributed by atoms with Crippen LogP contribution >= 0.6 is 0 Å². The molecule has 0 spiro atoms. The Hall–Kier alpha value is -1.31. The molecule has 0 fully saturated rings. The highest BCUT2D eigenvalue weighted by Gasteiger charge is 2.26. The minimum Gasteiger partial charge on any atom is -0.484 e. The lowest BCUT2D eigenvalue weighted by Crippen LogP contribution is -2.03. The summed E-state index contributed by atoms with van der Waals surface area (Å²) in [6.45, 7) is 6.37. The summed E-state index contributed by atoms with van der Waals surface area (Å²) in [7, 11) is 0. The van der Waals surface area contributed by atoms with E-state index in [0.717, 1.165) is 22.4 Å². The molecule has 2 heteroatoms. The van der Waals surface area contributed by atoms with Crippen LogP contribution in [0.2, 0.25) is 0 Å². The van der Waals surface area contributed by atoms with Gasteiger partial charge in [0.05, 0.1) is 5.56 Å². The Morgan fingerprint density at radius 3 is 2.71 bits per heavy atom. The van der Waals surface area contributed by atoms with E-state index in [1.807, 2.05) is 19.1 Å². The lowest BCUT2D eigenvalue weighted by Gasteiger charge is -2.10. The minimum absolute atomic E-state index is 0.118. The molecule has 1 aliphatic rings. The molecule has 0 aliphatic carbocycles. The number of hydrogen-bond donors (Lipinski definition) is 0. The maximum absolute atomic E-state index is 11.6. The van der Waals surface area contributed by atoms with E-state index in [1.165, 1.54) is 0 Å². The molecule has 0 saturated heterocycles. The third-order valence-corrected chi connectivity index (χ3v) is 2.64. The Bertz CT molecular complexity index is 392. The van der Waals surface area contributed by atoms with Crippen LogP contribution < -0.4 is 4.74 Å². The largest absolute Gasteiger partial charge is 0.484 e. The number of ether oxygens (including phenoxy) is 1. The number of ketones is 1. The molecule has 1 heterocycles. The van der Waals surface area contributed by atoms with Crippen molar-refractivity contribution in [3.8, 4) is 5.75 Å². The Balaban J connectivity index is 2.66. The summed E-state index contributed by atoms with van der Waals surface area (Å²) < 4.78 is 5.38. The van der Waals surface area contributed by atoms with E-state index in [9.17, 15) is 4.79 Å². The van der Waals surface area contributed by atoms with E-state index in [4.69, 9.17) is 4.74 Å². The highest BCUT2D eigenvalue weighted by molar-refractivity contribution is 6.04. The highest BCUT2D eigenvalue weighted by Crippen LogP contribution is 2.35. The summed E-state index contributed by atoms with van der Waals surface area (Å²) in [5.74, 6) is 1.28. The first-order valence-corrected chi connectivity index (χ1v) is 4.90. The molecule has 2 nitrogen and oxygen atoms in total. The Labute approximate surface area is 83.9 Å². The Kier molecular flexibility index (Phi) is 2.06. The quantitative estimate of drug-likeness (QED) is 0.680. The predicted octanol–water partition coefficient (Wildman–Crippen LogP) is 2.69. The van der Waals surface area contributed by atoms with Gasteiger partial charge in [-0.2, -0.15) is 0 Å². The normalized spacial score (nSPS) is 14.4. The van der Waals surface area contributed by atoms with Crippen molar-refractivity contribution in [1.82, 2.24) is 0 Å². The Morgan fingerprint density at radius 2 is 2.07 bits per heavy atom. The van der Waals surface area contributed by atoms with Gasteiger partial charge in [-0.1, -0.05) is 26.0 Å². The summed E-state index contributed by atoms with van der Waals surface area (Å²) in [6.07, 6.45) is 0. The highest BCUT2D eigenvalue weighted by atomic mass is 16.5. The second-order valence-electron chi connectivity index (χ2n) is 4.04. The molecule has 0 radical (unpaired) electrons. The molecule has 74 valence electrons. The number of carbonyl (C=O) groups excluding carboxylic acids is 1. The van der Waals surface area contributed by atoms with E-state index in [0.29, 0.717) is 5.92 Å². The van der Waals surface area contributed by atoms with Gasteiger partial charge in [0.1, 0.15) is 5.75 Å². The maximum Gasteiger partial charge on any atom is 0.204 e. The molecule has 0 amide bonds. The van der Waals surface area contributed by atoms with Crippen LogP contribution in [0.3, 0.4) is 0 Å². The van der Waals surface area contributed by atoms with Crippen LogP contribution in [0.1, 0.15) is 41.3 Å². The summed E-state index contributed by atoms with van der Waals surface area (Å²) >= 11 is 0. The number of aryl methyl sites for hydroxylation is 1. The molecule has 0 bridgehead atoms. The molecule has 2 rings (SSSR count). The summed E-state index contributed by atoms with van der Waals surface area (Å²) in [6, 6.07) is 4.05. The molecule has 1 aromatic rings. The van der Waals surface area contributed by atoms with Crippen LogP contribution in [0.5, 0.6) is 5.75 Å². The van der Waals surface area contributed by atoms with Crippen molar-refractivity contribution < 1.29 is 9.53 Å². The molecule has 0 N–H and O–H groups in total. The second kappa shape index (κ2) is 3.12. The van der Waals surface area contributed by atoms with Gasteiger partial charge in [-0.25, -0.2) is 0 Å². The van der Waals surface area contributed by atoms with E-state index < -0.39 is 0 Å². The SMILES string of the molecule is Cc1ccc(C(C)C)c2c1OCC2=O. The molecule has 1 aliphatic heterocycles. The second-order valence-corrected chi connectivity index (χ2v) is 4.04. The first kappa shape index (κ1) is 9.25. The van der Waals surface area contributed by atoms with Gasteiger partial charge < -0.3 is 4.74 Å². The van der Waals surface area contributed by atoms with Crippen LogP contribution in [0, 0.1) is 6.92 Å². The number of fused-ring (bicyclic) bond motifs is 1. The fraction of sp³-hybridized carbons (Fsp3) is 0.417. The van der Waals surface area contributed by atoms with Crippen molar-refractivity contribution in [2.45, 2.75) is 26.7 Å². The third kappa shape index (κ3) is 1.22. The molecular formula is C12H14O2. The first-order valence-electron chi connectivity index (χ1n) is 4.90. The zero-order chi connectivity index (χ0) is 10.3. The van der Waals surface area contributed by atoms with Crippen LogP contribution in [0.4, 0.5) is 0 Å². The predicted molar refractivity (Wildman–Crippen MR) is 55.1 cm³/mol. The lowest BCUT2D eigenvalue weighted by molar-refractivity contribution is 0.0960. The van der Waals surface area contributed by atoms with E-state index in [2.05, 4.69) is 13.8 Å². The van der Waals surface area contributed by atoms with Crippen molar-refractivity contribution in [1.29, 1.82) is 0 Å². The average molecular weight is 190 g/mol. The van der Waals surface area contributed by atoms with Crippen LogP contribution in [-0.4, -0.2) is 12.4 Å². The zero-order valence-corrected chi connectivity index (χ0v) is 8.76. The van der Waals surface area contributed by atoms with Crippen molar-refractivity contribution in [3.63, 3.8) is 0 Å². The van der Waals surface area contributed by atoms with Gasteiger partial charge in [-0.05, 0) is 24.0 Å². The maximum atomic E-state index is 11.6. The summed E-state index contributed by atoms with van der Waals surface area (Å²) in [5.41, 5.74) is 2.96. The van der Waals surface area contributed by atoms with Crippen LogP contribution in [0.25, 0.3) is 0 Å². The van der Waals surface area contributed by atoms with Gasteiger partial charge in [-0.15, -0.1) is 0 Å². The number of hydrogen-bond acceptors (Lipinski definition) is 2. The fourth-order valence-electron chi connectivity index (χ4n) is 1.87. The van der Waals surface area contributed by atoms with Gasteiger partial charge in [0, 0.05) is 0 Å². The van der Waals surface area contributed by atoms with E-state index >= 15 is 0 Å². The van der Waals surface area contributed by atoms with E-state index in [1.54, 1.807) is 0 Å². The topological polar surface area (TPSA) is 26.3 Å². The molecule has 0 aromatic heterocycles. The Morgan fingerprint density at radius 1 is 1.36 bits per heavy atom.